The number of cyclic esters (lactones) is 1. The minimum atomic E-state index is -1.21. The second-order valence-corrected chi connectivity index (χ2v) is 4.09. The molecule has 1 atom stereocenters. The van der Waals surface area contributed by atoms with Gasteiger partial charge in [-0.3, -0.25) is 0 Å². The minimum absolute atomic E-state index is 0.352. The molecule has 1 heterocycles. The molecule has 0 spiro atoms. The Kier molecular flexibility index (Phi) is 1.98. The third-order valence-electron chi connectivity index (χ3n) is 1.98. The topological polar surface area (TPSA) is 75.6 Å². The first-order valence-electron chi connectivity index (χ1n) is 4.00. The van der Waals surface area contributed by atoms with Crippen LogP contribution in [-0.4, -0.2) is 28.3 Å². The Hall–Kier alpha value is -1.26. The smallest absolute Gasteiger partial charge is 0.405 e. The quantitative estimate of drug-likeness (QED) is 0.593. The number of hydrogen-bond acceptors (Lipinski definition) is 3. The molecule has 1 aliphatic heterocycles. The zero-order valence-corrected chi connectivity index (χ0v) is 7.88. The van der Waals surface area contributed by atoms with Gasteiger partial charge >= 0.3 is 12.1 Å². The number of nitrogens with one attached hydrogen (secondary N) is 1. The van der Waals surface area contributed by atoms with Crippen LogP contribution in [0.25, 0.3) is 0 Å². The average molecular weight is 187 g/mol. The van der Waals surface area contributed by atoms with Crippen LogP contribution in [0.15, 0.2) is 0 Å². The van der Waals surface area contributed by atoms with Crippen LogP contribution in [0.4, 0.5) is 4.79 Å². The Morgan fingerprint density at radius 3 is 2.38 bits per heavy atom. The zero-order valence-electron chi connectivity index (χ0n) is 7.88. The SMILES string of the molecule is CC1(C)CC(C)(NC(=O)O)C(=O)O1. The van der Waals surface area contributed by atoms with Crippen LogP contribution >= 0.6 is 0 Å². The summed E-state index contributed by atoms with van der Waals surface area (Å²) in [5.74, 6) is -0.514. The molecule has 1 amide bonds. The summed E-state index contributed by atoms with van der Waals surface area (Å²) in [6.07, 6.45) is -0.859. The summed E-state index contributed by atoms with van der Waals surface area (Å²) in [6.45, 7) is 5.03. The fourth-order valence-electron chi connectivity index (χ4n) is 1.65. The highest BCUT2D eigenvalue weighted by Gasteiger charge is 2.50. The predicted octanol–water partition coefficient (Wildman–Crippen LogP) is 0.738. The average Bonchev–Trinajstić information content (AvgIpc) is 1.98. The van der Waals surface area contributed by atoms with Gasteiger partial charge < -0.3 is 15.2 Å². The molecular weight excluding hydrogens is 174 g/mol. The molecule has 1 saturated heterocycles. The summed E-state index contributed by atoms with van der Waals surface area (Å²) in [5, 5.41) is 10.7. The monoisotopic (exact) mass is 187 g/mol. The second kappa shape index (κ2) is 2.61. The van der Waals surface area contributed by atoms with Crippen LogP contribution in [0.1, 0.15) is 27.2 Å². The highest BCUT2D eigenvalue weighted by atomic mass is 16.6. The summed E-state index contributed by atoms with van der Waals surface area (Å²) >= 11 is 0. The van der Waals surface area contributed by atoms with Gasteiger partial charge in [-0.05, 0) is 20.8 Å². The van der Waals surface area contributed by atoms with E-state index in [1.807, 2.05) is 0 Å². The van der Waals surface area contributed by atoms with Crippen LogP contribution in [0.3, 0.4) is 0 Å². The Bertz CT molecular complexity index is 261. The van der Waals surface area contributed by atoms with Gasteiger partial charge in [0.2, 0.25) is 0 Å². The summed E-state index contributed by atoms with van der Waals surface area (Å²) in [6, 6.07) is 0. The molecule has 2 N–H and O–H groups in total. The molecule has 1 fully saturated rings. The molecule has 0 aliphatic carbocycles. The molecule has 74 valence electrons. The third-order valence-corrected chi connectivity index (χ3v) is 1.98. The molecule has 1 unspecified atom stereocenters. The molecule has 13 heavy (non-hydrogen) atoms. The molecule has 0 aromatic heterocycles. The first kappa shape index (κ1) is 9.83. The van der Waals surface area contributed by atoms with Crippen molar-refractivity contribution in [1.29, 1.82) is 0 Å². The highest BCUT2D eigenvalue weighted by Crippen LogP contribution is 2.33. The lowest BCUT2D eigenvalue weighted by atomic mass is 9.92. The summed E-state index contributed by atoms with van der Waals surface area (Å²) in [5.41, 5.74) is -1.69. The van der Waals surface area contributed by atoms with Gasteiger partial charge in [0.15, 0.2) is 0 Å². The number of carbonyl (C=O) groups is 2. The van der Waals surface area contributed by atoms with Crippen LogP contribution in [0.5, 0.6) is 0 Å². The number of amides is 1. The molecule has 0 aromatic carbocycles. The van der Waals surface area contributed by atoms with Gasteiger partial charge in [0.05, 0.1) is 0 Å². The van der Waals surface area contributed by atoms with E-state index < -0.39 is 23.2 Å². The fraction of sp³-hybridized carbons (Fsp3) is 0.750. The maximum absolute atomic E-state index is 11.3. The van der Waals surface area contributed by atoms with Gasteiger partial charge in [-0.2, -0.15) is 0 Å². The van der Waals surface area contributed by atoms with Crippen molar-refractivity contribution in [2.45, 2.75) is 38.3 Å². The van der Waals surface area contributed by atoms with E-state index in [1.54, 1.807) is 13.8 Å². The largest absolute Gasteiger partial charge is 0.465 e. The van der Waals surface area contributed by atoms with Gasteiger partial charge in [0, 0.05) is 6.42 Å². The second-order valence-electron chi connectivity index (χ2n) is 4.09. The van der Waals surface area contributed by atoms with Crippen LogP contribution in [0.2, 0.25) is 0 Å². The van der Waals surface area contributed by atoms with Crippen molar-refractivity contribution in [2.24, 2.45) is 0 Å². The molecule has 0 aromatic rings. The Labute approximate surface area is 76.1 Å². The minimum Gasteiger partial charge on any atom is -0.465 e. The van der Waals surface area contributed by atoms with Gasteiger partial charge in [0.25, 0.3) is 0 Å². The number of carbonyl (C=O) groups excluding carboxylic acids is 1. The fourth-order valence-corrected chi connectivity index (χ4v) is 1.65. The van der Waals surface area contributed by atoms with Gasteiger partial charge in [-0.1, -0.05) is 0 Å². The normalized spacial score (nSPS) is 31.2. The molecular formula is C8H13NO4. The molecule has 0 bridgehead atoms. The van der Waals surface area contributed by atoms with E-state index in [4.69, 9.17) is 9.84 Å². The molecule has 0 saturated carbocycles. The van der Waals surface area contributed by atoms with E-state index in [0.717, 1.165) is 0 Å². The van der Waals surface area contributed by atoms with Crippen LogP contribution in [0, 0.1) is 0 Å². The van der Waals surface area contributed by atoms with Crippen LogP contribution < -0.4 is 5.32 Å². The van der Waals surface area contributed by atoms with E-state index in [-0.39, 0.29) is 0 Å². The molecule has 1 aliphatic rings. The Morgan fingerprint density at radius 1 is 1.54 bits per heavy atom. The van der Waals surface area contributed by atoms with E-state index in [2.05, 4.69) is 5.32 Å². The lowest BCUT2D eigenvalue weighted by molar-refractivity contribution is -0.149. The lowest BCUT2D eigenvalue weighted by Crippen LogP contribution is -2.49. The maximum atomic E-state index is 11.3. The number of hydrogen-bond donors (Lipinski definition) is 2. The van der Waals surface area contributed by atoms with Crippen LogP contribution in [-0.2, 0) is 9.53 Å². The third kappa shape index (κ3) is 1.91. The summed E-state index contributed by atoms with van der Waals surface area (Å²) in [7, 11) is 0. The van der Waals surface area contributed by atoms with Gasteiger partial charge in [-0.15, -0.1) is 0 Å². The highest BCUT2D eigenvalue weighted by molar-refractivity contribution is 5.87. The van der Waals surface area contributed by atoms with Gasteiger partial charge in [0.1, 0.15) is 11.1 Å². The number of esters is 1. The first-order valence-corrected chi connectivity index (χ1v) is 4.00. The lowest BCUT2D eigenvalue weighted by Gasteiger charge is -2.19. The predicted molar refractivity (Wildman–Crippen MR) is 44.4 cm³/mol. The van der Waals surface area contributed by atoms with E-state index in [0.29, 0.717) is 6.42 Å². The molecule has 0 radical (unpaired) electrons. The van der Waals surface area contributed by atoms with Crippen molar-refractivity contribution < 1.29 is 19.4 Å². The van der Waals surface area contributed by atoms with E-state index >= 15 is 0 Å². The number of rotatable bonds is 1. The first-order chi connectivity index (χ1) is 5.75. The van der Waals surface area contributed by atoms with Crippen molar-refractivity contribution >= 4 is 12.1 Å². The number of ether oxygens (including phenoxy) is 1. The van der Waals surface area contributed by atoms with E-state index in [9.17, 15) is 9.59 Å². The Morgan fingerprint density at radius 2 is 2.08 bits per heavy atom. The van der Waals surface area contributed by atoms with Crippen molar-refractivity contribution in [1.82, 2.24) is 5.32 Å². The van der Waals surface area contributed by atoms with E-state index in [1.165, 1.54) is 6.92 Å². The molecule has 1 rings (SSSR count). The van der Waals surface area contributed by atoms with Gasteiger partial charge in [-0.25, -0.2) is 9.59 Å². The van der Waals surface area contributed by atoms with Crippen molar-refractivity contribution in [3.8, 4) is 0 Å². The molecule has 5 heteroatoms. The van der Waals surface area contributed by atoms with Crippen molar-refractivity contribution in [3.05, 3.63) is 0 Å². The number of carboxylic acid groups (broad SMARTS) is 1. The standard InChI is InChI=1S/C8H13NO4/c1-7(2)4-8(3,5(10)13-7)9-6(11)12/h9H,4H2,1-3H3,(H,11,12). The van der Waals surface area contributed by atoms with Crippen molar-refractivity contribution in [2.75, 3.05) is 0 Å². The Balaban J connectivity index is 2.81. The maximum Gasteiger partial charge on any atom is 0.405 e. The molecule has 5 nitrogen and oxygen atoms in total. The summed E-state index contributed by atoms with van der Waals surface area (Å²) in [4.78, 5) is 21.7. The van der Waals surface area contributed by atoms with Crippen molar-refractivity contribution in [3.63, 3.8) is 0 Å². The zero-order chi connectivity index (χ0) is 10.3. The summed E-state index contributed by atoms with van der Waals surface area (Å²) < 4.78 is 5.00.